The van der Waals surface area contributed by atoms with Gasteiger partial charge >= 0.3 is 29.0 Å². The molecule has 2 aromatic rings. The molecular weight excluding hydrogens is 701 g/mol. The molecule has 0 amide bonds. The maximum absolute atomic E-state index is 13.6. The van der Waals surface area contributed by atoms with Crippen LogP contribution in [-0.4, -0.2) is 90.4 Å². The zero-order valence-corrected chi connectivity index (χ0v) is 26.4. The summed E-state index contributed by atoms with van der Waals surface area (Å²) in [6.07, 6.45) is 1.84. The number of nitrogens with two attached hydrogens (primary N) is 1. The van der Waals surface area contributed by atoms with Crippen molar-refractivity contribution >= 4 is 11.9 Å². The van der Waals surface area contributed by atoms with E-state index in [-0.39, 0.29) is 30.2 Å². The fourth-order valence-corrected chi connectivity index (χ4v) is 6.09. The Morgan fingerprint density at radius 2 is 1.22 bits per heavy atom. The van der Waals surface area contributed by atoms with Crippen molar-refractivity contribution in [2.24, 2.45) is 16.6 Å². The van der Waals surface area contributed by atoms with Crippen LogP contribution < -0.4 is 43.0 Å². The van der Waals surface area contributed by atoms with Gasteiger partial charge in [0.05, 0.1) is 43.8 Å². The van der Waals surface area contributed by atoms with Crippen molar-refractivity contribution in [2.75, 3.05) is 47.4 Å². The number of halogens is 2. The van der Waals surface area contributed by atoms with Crippen LogP contribution in [-0.2, 0) is 36.1 Å². The van der Waals surface area contributed by atoms with E-state index in [1.54, 1.807) is 36.7 Å². The molecule has 2 fully saturated rings. The predicted octanol–water partition coefficient (Wildman–Crippen LogP) is -9.36. The van der Waals surface area contributed by atoms with Crippen LogP contribution in [0, 0.1) is 31.3 Å². The number of pyridine rings is 2. The standard InChI is InChI=1S/C24H31N5O5.2ClHO4.Cu/c1-28-18(16-8-4-6-11-26-16)23(21(31)33-2)14-29(13-10-25)15-24(20(23)30,22(32)34-3)19(28)17-9-5-7-12-27-17;2*2-1(3,4)5;/h4-9,11-12,18-20,30H,10,13-15,25H2,1-3H3;2*(H,2,3,4,5);/q;;;+2/p-2/t18-,19+,20?,23-,24+;;;. The fraction of sp³-hybridized carbons (Fsp3) is 0.500. The monoisotopic (exact) mass is 730 g/mol. The first kappa shape index (κ1) is 40.9. The number of aliphatic hydroxyl groups is 1. The number of rotatable bonds is 6. The Morgan fingerprint density at radius 3 is 1.49 bits per heavy atom. The molecule has 2 aliphatic heterocycles. The molecule has 0 spiro atoms. The third-order valence-electron chi connectivity index (χ3n) is 7.25. The van der Waals surface area contributed by atoms with Gasteiger partial charge in [-0.2, -0.15) is 0 Å². The maximum atomic E-state index is 13.6. The number of carbonyl (C=O) groups is 2. The number of ether oxygens (including phenoxy) is 2. The van der Waals surface area contributed by atoms with Crippen LogP contribution in [0.4, 0.5) is 0 Å². The molecule has 0 aliphatic carbocycles. The summed E-state index contributed by atoms with van der Waals surface area (Å²) in [5.74, 6) is -1.26. The largest absolute Gasteiger partial charge is 2.00 e. The van der Waals surface area contributed by atoms with Gasteiger partial charge in [-0.3, -0.25) is 29.4 Å². The average Bonchev–Trinajstić information content (AvgIpc) is 2.93. The zero-order valence-electron chi connectivity index (χ0n) is 23.9. The fourth-order valence-electron chi connectivity index (χ4n) is 6.09. The van der Waals surface area contributed by atoms with Gasteiger partial charge in [0.15, 0.2) is 0 Å². The molecule has 255 valence electrons. The second-order valence-corrected chi connectivity index (χ2v) is 11.2. The van der Waals surface area contributed by atoms with Gasteiger partial charge in [-0.05, 0) is 31.3 Å². The van der Waals surface area contributed by atoms with Gasteiger partial charge in [-0.25, -0.2) is 37.3 Å². The molecule has 18 nitrogen and oxygen atoms in total. The molecule has 0 saturated carbocycles. The van der Waals surface area contributed by atoms with Crippen molar-refractivity contribution in [3.05, 3.63) is 60.2 Å². The van der Waals surface area contributed by atoms with E-state index in [9.17, 15) is 14.7 Å². The Labute approximate surface area is 272 Å². The van der Waals surface area contributed by atoms with Gasteiger partial charge in [-0.15, -0.1) is 20.5 Å². The van der Waals surface area contributed by atoms with E-state index in [1.807, 2.05) is 29.0 Å². The van der Waals surface area contributed by atoms with Crippen molar-refractivity contribution in [1.29, 1.82) is 0 Å². The van der Waals surface area contributed by atoms with E-state index in [0.29, 0.717) is 24.5 Å². The molecule has 4 rings (SSSR count). The number of piperidine rings is 2. The molecule has 3 N–H and O–H groups in total. The first-order chi connectivity index (χ1) is 20.4. The minimum Gasteiger partial charge on any atom is -0.468 e. The molecule has 2 aromatic heterocycles. The number of likely N-dealkylation sites (tertiary alicyclic amines) is 2. The number of aromatic nitrogens is 2. The Balaban J connectivity index is 0.000000802. The minimum absolute atomic E-state index is 0. The second kappa shape index (κ2) is 16.6. The second-order valence-electron chi connectivity index (χ2n) is 9.70. The summed E-state index contributed by atoms with van der Waals surface area (Å²) in [6.45, 7) is 0.995. The molecular formula is C24H31Cl2CuN5O13. The van der Waals surface area contributed by atoms with Crippen LogP contribution in [0.15, 0.2) is 48.8 Å². The molecule has 21 heteroatoms. The van der Waals surface area contributed by atoms with Gasteiger partial charge in [0, 0.05) is 38.6 Å². The first-order valence-corrected chi connectivity index (χ1v) is 14.9. The van der Waals surface area contributed by atoms with Crippen molar-refractivity contribution in [2.45, 2.75) is 18.2 Å². The van der Waals surface area contributed by atoms with E-state index in [4.69, 9.17) is 52.5 Å². The number of fused-ring (bicyclic) bond motifs is 2. The SMILES string of the molecule is COC(=O)[C@@]12CN(CCN)C[C@@](C(=O)OC)(C1O)[C@H](c1ccccn1)N(C)[C@@H]2c1ccccn1.[Cu+2].[O-][Cl+3]([O-])([O-])[O-].[O-][Cl+3]([O-])([O-])[O-]. The summed E-state index contributed by atoms with van der Waals surface area (Å²) in [4.78, 5) is 40.2. The van der Waals surface area contributed by atoms with Gasteiger partial charge in [0.25, 0.3) is 0 Å². The van der Waals surface area contributed by atoms with Gasteiger partial charge < -0.3 is 20.3 Å². The van der Waals surface area contributed by atoms with E-state index in [0.717, 1.165) is 0 Å². The predicted molar refractivity (Wildman–Crippen MR) is 122 cm³/mol. The quantitative estimate of drug-likeness (QED) is 0.206. The summed E-state index contributed by atoms with van der Waals surface area (Å²) in [5.41, 5.74) is 3.97. The number of carbonyl (C=O) groups excluding carboxylic acids is 2. The minimum atomic E-state index is -4.94. The average molecular weight is 732 g/mol. The number of esters is 2. The molecule has 2 aliphatic rings. The number of nitrogens with zero attached hydrogens (tertiary/aromatic N) is 4. The van der Waals surface area contributed by atoms with Crippen LogP contribution in [0.2, 0.25) is 0 Å². The Kier molecular flexibility index (Phi) is 15.1. The Morgan fingerprint density at radius 1 is 0.867 bits per heavy atom. The Bertz CT molecular complexity index is 1130. The number of methoxy groups -OCH3 is 2. The van der Waals surface area contributed by atoms with Crippen LogP contribution in [0.1, 0.15) is 23.5 Å². The van der Waals surface area contributed by atoms with Crippen LogP contribution in [0.3, 0.4) is 0 Å². The van der Waals surface area contributed by atoms with E-state index < -0.39 is 61.4 Å². The normalized spacial score (nSPS) is 26.6. The van der Waals surface area contributed by atoms with E-state index >= 15 is 0 Å². The number of aliphatic hydroxyl groups excluding tert-OH is 1. The molecule has 4 heterocycles. The summed E-state index contributed by atoms with van der Waals surface area (Å²) < 4.78 is 78.5. The van der Waals surface area contributed by atoms with Gasteiger partial charge in [0.1, 0.15) is 10.8 Å². The third kappa shape index (κ3) is 9.69. The maximum Gasteiger partial charge on any atom is 2.00 e. The first-order valence-electron chi connectivity index (χ1n) is 12.4. The number of hydrogen-bond donors (Lipinski definition) is 2. The topological polar surface area (TPSA) is 316 Å². The van der Waals surface area contributed by atoms with Crippen LogP contribution in [0.5, 0.6) is 0 Å². The molecule has 1 radical (unpaired) electrons. The summed E-state index contributed by atoms with van der Waals surface area (Å²) in [6, 6.07) is 9.39. The van der Waals surface area contributed by atoms with Crippen LogP contribution in [0.25, 0.3) is 0 Å². The molecule has 0 aromatic carbocycles. The zero-order chi connectivity index (χ0) is 33.5. The van der Waals surface area contributed by atoms with Crippen molar-refractivity contribution in [3.8, 4) is 0 Å². The van der Waals surface area contributed by atoms with Crippen molar-refractivity contribution < 1.29 is 99.0 Å². The van der Waals surface area contributed by atoms with Crippen molar-refractivity contribution in [1.82, 2.24) is 19.8 Å². The Hall–Kier alpha value is -2.14. The molecule has 45 heavy (non-hydrogen) atoms. The van der Waals surface area contributed by atoms with E-state index in [1.165, 1.54) is 14.2 Å². The van der Waals surface area contributed by atoms with Crippen LogP contribution >= 0.6 is 0 Å². The summed E-state index contributed by atoms with van der Waals surface area (Å²) in [5, 5.41) is 12.1. The van der Waals surface area contributed by atoms with Crippen molar-refractivity contribution in [3.63, 3.8) is 0 Å². The molecule has 5 atom stereocenters. The molecule has 2 saturated heterocycles. The summed E-state index contributed by atoms with van der Waals surface area (Å²) >= 11 is 0. The number of hydrogen-bond acceptors (Lipinski definition) is 18. The van der Waals surface area contributed by atoms with Gasteiger partial charge in [-0.1, -0.05) is 12.1 Å². The third-order valence-corrected chi connectivity index (χ3v) is 7.25. The van der Waals surface area contributed by atoms with Gasteiger partial charge in [0.2, 0.25) is 0 Å². The molecule has 1 unspecified atom stereocenters. The van der Waals surface area contributed by atoms with E-state index in [2.05, 4.69) is 9.97 Å². The smallest absolute Gasteiger partial charge is 0.468 e. The molecule has 2 bridgehead atoms. The summed E-state index contributed by atoms with van der Waals surface area (Å²) in [7, 11) is -5.50.